The molecule has 0 saturated carbocycles. The van der Waals surface area contributed by atoms with E-state index in [9.17, 15) is 4.79 Å². The average Bonchev–Trinajstić information content (AvgIpc) is 2.39. The third kappa shape index (κ3) is 4.80. The fraction of sp³-hybridized carbons (Fsp3) is 0.357. The van der Waals surface area contributed by atoms with Gasteiger partial charge in [0.25, 0.3) is 5.91 Å². The van der Waals surface area contributed by atoms with Crippen molar-refractivity contribution in [2.24, 2.45) is 0 Å². The zero-order valence-corrected chi connectivity index (χ0v) is 11.4. The summed E-state index contributed by atoms with van der Waals surface area (Å²) in [5, 5.41) is 14.6. The molecule has 1 aromatic heterocycles. The van der Waals surface area contributed by atoms with E-state index in [0.717, 1.165) is 12.1 Å². The van der Waals surface area contributed by atoms with Crippen molar-refractivity contribution in [3.8, 4) is 6.07 Å². The highest BCUT2D eigenvalue weighted by atomic mass is 16.1. The van der Waals surface area contributed by atoms with Crippen LogP contribution in [0, 0.1) is 18.3 Å². The predicted molar refractivity (Wildman–Crippen MR) is 74.2 cm³/mol. The maximum Gasteiger partial charge on any atom is 0.263 e. The molecule has 100 valence electrons. The lowest BCUT2D eigenvalue weighted by molar-refractivity contribution is -0.117. The number of carbonyl (C=O) groups excluding carboxylic acids is 1. The van der Waals surface area contributed by atoms with Gasteiger partial charge >= 0.3 is 0 Å². The number of nitrogens with zero attached hydrogens (tertiary/aromatic N) is 2. The van der Waals surface area contributed by atoms with Crippen LogP contribution in [0.4, 0.5) is 5.82 Å². The molecule has 0 spiro atoms. The number of pyridine rings is 1. The van der Waals surface area contributed by atoms with E-state index in [2.05, 4.69) is 15.6 Å². The highest BCUT2D eigenvalue weighted by molar-refractivity contribution is 5.97. The zero-order chi connectivity index (χ0) is 14.3. The van der Waals surface area contributed by atoms with Gasteiger partial charge in [0.2, 0.25) is 0 Å². The molecule has 0 saturated heterocycles. The summed E-state index contributed by atoms with van der Waals surface area (Å²) in [5.74, 6) is 0.223. The topological polar surface area (TPSA) is 77.8 Å². The first-order valence-electron chi connectivity index (χ1n) is 6.18. The monoisotopic (exact) mass is 258 g/mol. The van der Waals surface area contributed by atoms with Crippen LogP contribution in [0.3, 0.4) is 0 Å². The number of anilines is 1. The Balaban J connectivity index is 2.72. The van der Waals surface area contributed by atoms with E-state index >= 15 is 0 Å². The molecule has 5 heteroatoms. The number of nitrogens with one attached hydrogen (secondary N) is 2. The molecular weight excluding hydrogens is 240 g/mol. The van der Waals surface area contributed by atoms with Gasteiger partial charge in [0.05, 0.1) is 0 Å². The van der Waals surface area contributed by atoms with Gasteiger partial charge < -0.3 is 10.6 Å². The van der Waals surface area contributed by atoms with Crippen molar-refractivity contribution in [1.82, 2.24) is 10.3 Å². The molecule has 2 N–H and O–H groups in total. The summed E-state index contributed by atoms with van der Waals surface area (Å²) in [4.78, 5) is 16.0. The summed E-state index contributed by atoms with van der Waals surface area (Å²) in [7, 11) is 0. The van der Waals surface area contributed by atoms with Gasteiger partial charge in [0.1, 0.15) is 17.5 Å². The SMILES string of the molecule is CCC(C)NC(=O)/C(C#N)=C\Nc1cccc(C)n1. The molecule has 5 nitrogen and oxygen atoms in total. The zero-order valence-electron chi connectivity index (χ0n) is 11.4. The second-order valence-electron chi connectivity index (χ2n) is 4.26. The number of aryl methyl sites for hydroxylation is 1. The van der Waals surface area contributed by atoms with Gasteiger partial charge in [0, 0.05) is 17.9 Å². The molecule has 19 heavy (non-hydrogen) atoms. The van der Waals surface area contributed by atoms with E-state index in [1.54, 1.807) is 6.07 Å². The highest BCUT2D eigenvalue weighted by Gasteiger charge is 2.10. The Morgan fingerprint density at radius 1 is 1.58 bits per heavy atom. The van der Waals surface area contributed by atoms with Crippen LogP contribution >= 0.6 is 0 Å². The van der Waals surface area contributed by atoms with E-state index < -0.39 is 0 Å². The summed E-state index contributed by atoms with van der Waals surface area (Å²) in [5.41, 5.74) is 0.893. The molecule has 0 bridgehead atoms. The number of hydrogen-bond acceptors (Lipinski definition) is 4. The smallest absolute Gasteiger partial charge is 0.263 e. The molecular formula is C14H18N4O. The van der Waals surface area contributed by atoms with Gasteiger partial charge in [0.15, 0.2) is 0 Å². The molecule has 0 aliphatic carbocycles. The van der Waals surface area contributed by atoms with Crippen LogP contribution in [-0.4, -0.2) is 16.9 Å². The molecule has 0 aliphatic rings. The molecule has 1 amide bonds. The Morgan fingerprint density at radius 3 is 2.89 bits per heavy atom. The lowest BCUT2D eigenvalue weighted by Gasteiger charge is -2.10. The first-order chi connectivity index (χ1) is 9.06. The van der Waals surface area contributed by atoms with Crippen molar-refractivity contribution in [3.05, 3.63) is 35.7 Å². The van der Waals surface area contributed by atoms with Gasteiger partial charge in [-0.1, -0.05) is 13.0 Å². The highest BCUT2D eigenvalue weighted by Crippen LogP contribution is 2.05. The predicted octanol–water partition coefficient (Wildman–Crippen LogP) is 2.12. The van der Waals surface area contributed by atoms with Crippen LogP contribution in [0.2, 0.25) is 0 Å². The minimum absolute atomic E-state index is 0.0311. The molecule has 0 radical (unpaired) electrons. The summed E-state index contributed by atoms with van der Waals surface area (Å²) in [6.45, 7) is 5.73. The molecule has 0 aromatic carbocycles. The standard InChI is InChI=1S/C14H18N4O/c1-4-10(2)18-14(19)12(8-15)9-16-13-7-5-6-11(3)17-13/h5-7,9-10H,4H2,1-3H3,(H,16,17)(H,18,19)/b12-9-. The van der Waals surface area contributed by atoms with Gasteiger partial charge in [-0.15, -0.1) is 0 Å². The summed E-state index contributed by atoms with van der Waals surface area (Å²) in [6, 6.07) is 7.41. The molecule has 1 atom stereocenters. The largest absolute Gasteiger partial charge is 0.349 e. The number of hydrogen-bond donors (Lipinski definition) is 2. The van der Waals surface area contributed by atoms with Crippen LogP contribution in [0.5, 0.6) is 0 Å². The first kappa shape index (κ1) is 14.7. The van der Waals surface area contributed by atoms with Crippen molar-refractivity contribution in [2.75, 3.05) is 5.32 Å². The van der Waals surface area contributed by atoms with Crippen molar-refractivity contribution in [1.29, 1.82) is 5.26 Å². The van der Waals surface area contributed by atoms with Crippen molar-refractivity contribution in [2.45, 2.75) is 33.2 Å². The molecule has 1 aromatic rings. The van der Waals surface area contributed by atoms with Crippen molar-refractivity contribution >= 4 is 11.7 Å². The van der Waals surface area contributed by atoms with Gasteiger partial charge in [-0.05, 0) is 32.4 Å². The quantitative estimate of drug-likeness (QED) is 0.626. The fourth-order valence-electron chi connectivity index (χ4n) is 1.32. The minimum atomic E-state index is -0.378. The maximum atomic E-state index is 11.8. The first-order valence-corrected chi connectivity index (χ1v) is 6.18. The Kier molecular flexibility index (Phi) is 5.55. The van der Waals surface area contributed by atoms with Crippen LogP contribution in [0.15, 0.2) is 30.0 Å². The number of aromatic nitrogens is 1. The van der Waals surface area contributed by atoms with Gasteiger partial charge in [-0.2, -0.15) is 5.26 Å². The summed E-state index contributed by atoms with van der Waals surface area (Å²) in [6.07, 6.45) is 2.19. The second kappa shape index (κ2) is 7.17. The number of amides is 1. The van der Waals surface area contributed by atoms with E-state index in [0.29, 0.717) is 5.82 Å². The Bertz CT molecular complexity index is 516. The molecule has 1 unspecified atom stereocenters. The average molecular weight is 258 g/mol. The van der Waals surface area contributed by atoms with Gasteiger partial charge in [-0.25, -0.2) is 4.98 Å². The van der Waals surface area contributed by atoms with Crippen LogP contribution in [0.1, 0.15) is 26.0 Å². The maximum absolute atomic E-state index is 11.8. The van der Waals surface area contributed by atoms with Crippen molar-refractivity contribution < 1.29 is 4.79 Å². The van der Waals surface area contributed by atoms with Crippen LogP contribution < -0.4 is 10.6 Å². The summed E-state index contributed by atoms with van der Waals surface area (Å²) < 4.78 is 0. The lowest BCUT2D eigenvalue weighted by Crippen LogP contribution is -2.33. The lowest BCUT2D eigenvalue weighted by atomic mass is 10.2. The number of rotatable bonds is 5. The van der Waals surface area contributed by atoms with Gasteiger partial charge in [-0.3, -0.25) is 4.79 Å². The number of nitriles is 1. The van der Waals surface area contributed by atoms with E-state index in [1.165, 1.54) is 6.20 Å². The normalized spacial score (nSPS) is 12.4. The number of carbonyl (C=O) groups is 1. The molecule has 1 heterocycles. The second-order valence-corrected chi connectivity index (χ2v) is 4.26. The van der Waals surface area contributed by atoms with Crippen molar-refractivity contribution in [3.63, 3.8) is 0 Å². The third-order valence-corrected chi connectivity index (χ3v) is 2.61. The fourth-order valence-corrected chi connectivity index (χ4v) is 1.32. The Morgan fingerprint density at radius 2 is 2.32 bits per heavy atom. The molecule has 0 aliphatic heterocycles. The van der Waals surface area contributed by atoms with E-state index in [-0.39, 0.29) is 17.5 Å². The van der Waals surface area contributed by atoms with E-state index in [1.807, 2.05) is 39.0 Å². The van der Waals surface area contributed by atoms with Crippen LogP contribution in [0.25, 0.3) is 0 Å². The summed E-state index contributed by atoms with van der Waals surface area (Å²) >= 11 is 0. The molecule has 1 rings (SSSR count). The Labute approximate surface area is 113 Å². The van der Waals surface area contributed by atoms with E-state index in [4.69, 9.17) is 5.26 Å². The third-order valence-electron chi connectivity index (χ3n) is 2.61. The van der Waals surface area contributed by atoms with Crippen LogP contribution in [-0.2, 0) is 4.79 Å². The Hall–Kier alpha value is -2.35. The molecule has 0 fully saturated rings. The minimum Gasteiger partial charge on any atom is -0.349 e.